The largest absolute Gasteiger partial charge is 0.497 e. The Labute approximate surface area is 160 Å². The van der Waals surface area contributed by atoms with Crippen LogP contribution >= 0.6 is 0 Å². The molecular formula is C21H26N2O4. The van der Waals surface area contributed by atoms with E-state index in [0.717, 1.165) is 5.56 Å². The zero-order valence-electron chi connectivity index (χ0n) is 16.4. The van der Waals surface area contributed by atoms with Crippen LogP contribution in [0.2, 0.25) is 0 Å². The Hall–Kier alpha value is -3.02. The fraction of sp³-hybridized carbons (Fsp3) is 0.333. The molecule has 0 unspecified atom stereocenters. The number of methoxy groups -OCH3 is 2. The number of hydrogen-bond donors (Lipinski definition) is 1. The molecule has 0 aliphatic carbocycles. The van der Waals surface area contributed by atoms with Crippen molar-refractivity contribution in [1.82, 2.24) is 5.43 Å². The second-order valence-corrected chi connectivity index (χ2v) is 6.96. The first-order valence-corrected chi connectivity index (χ1v) is 8.61. The molecule has 0 spiro atoms. The summed E-state index contributed by atoms with van der Waals surface area (Å²) in [6, 6.07) is 13.0. The molecule has 0 aliphatic heterocycles. The molecule has 0 saturated heterocycles. The van der Waals surface area contributed by atoms with Crippen LogP contribution in [0.5, 0.6) is 17.2 Å². The molecule has 0 atom stereocenters. The van der Waals surface area contributed by atoms with Gasteiger partial charge in [0.2, 0.25) is 0 Å². The van der Waals surface area contributed by atoms with E-state index in [9.17, 15) is 4.79 Å². The highest BCUT2D eigenvalue weighted by Gasteiger charge is 2.13. The van der Waals surface area contributed by atoms with Gasteiger partial charge >= 0.3 is 0 Å². The van der Waals surface area contributed by atoms with E-state index >= 15 is 0 Å². The van der Waals surface area contributed by atoms with Crippen LogP contribution in [0.25, 0.3) is 0 Å². The van der Waals surface area contributed by atoms with Crippen molar-refractivity contribution in [3.05, 3.63) is 53.6 Å². The van der Waals surface area contributed by atoms with Gasteiger partial charge in [0.05, 0.1) is 20.4 Å². The SMILES string of the molecule is COc1ccc(/C=N\NC(=O)COc2ccc(C(C)(C)C)cc2)c(OC)c1. The Morgan fingerprint density at radius 3 is 2.30 bits per heavy atom. The lowest BCUT2D eigenvalue weighted by molar-refractivity contribution is -0.123. The van der Waals surface area contributed by atoms with Gasteiger partial charge < -0.3 is 14.2 Å². The van der Waals surface area contributed by atoms with E-state index in [-0.39, 0.29) is 17.9 Å². The monoisotopic (exact) mass is 370 g/mol. The van der Waals surface area contributed by atoms with Crippen molar-refractivity contribution in [2.45, 2.75) is 26.2 Å². The van der Waals surface area contributed by atoms with Gasteiger partial charge in [0.25, 0.3) is 5.91 Å². The van der Waals surface area contributed by atoms with Gasteiger partial charge in [0.15, 0.2) is 6.61 Å². The minimum absolute atomic E-state index is 0.0765. The number of benzene rings is 2. The molecule has 6 heteroatoms. The van der Waals surface area contributed by atoms with Crippen molar-refractivity contribution in [2.24, 2.45) is 5.10 Å². The molecule has 6 nitrogen and oxygen atoms in total. The number of rotatable bonds is 7. The third-order valence-electron chi connectivity index (χ3n) is 3.92. The van der Waals surface area contributed by atoms with E-state index in [1.54, 1.807) is 32.4 Å². The van der Waals surface area contributed by atoms with Gasteiger partial charge in [-0.05, 0) is 35.2 Å². The molecule has 1 N–H and O–H groups in total. The predicted octanol–water partition coefficient (Wildman–Crippen LogP) is 3.53. The summed E-state index contributed by atoms with van der Waals surface area (Å²) in [7, 11) is 3.14. The van der Waals surface area contributed by atoms with Crippen LogP contribution in [0.15, 0.2) is 47.6 Å². The summed E-state index contributed by atoms with van der Waals surface area (Å²) >= 11 is 0. The standard InChI is InChI=1S/C21H26N2O4/c1-21(2,3)16-7-10-17(11-8-16)27-14-20(24)23-22-13-15-6-9-18(25-4)12-19(15)26-5/h6-13H,14H2,1-5H3,(H,23,24)/b22-13-. The summed E-state index contributed by atoms with van der Waals surface area (Å²) in [5, 5.41) is 3.94. The number of carbonyl (C=O) groups is 1. The van der Waals surface area contributed by atoms with Gasteiger partial charge in [-0.2, -0.15) is 5.10 Å². The van der Waals surface area contributed by atoms with Gasteiger partial charge in [-0.25, -0.2) is 5.43 Å². The minimum atomic E-state index is -0.348. The number of amides is 1. The Kier molecular flexibility index (Phi) is 6.82. The van der Waals surface area contributed by atoms with E-state index in [1.165, 1.54) is 11.8 Å². The molecule has 0 aromatic heterocycles. The highest BCUT2D eigenvalue weighted by Crippen LogP contribution is 2.24. The van der Waals surface area contributed by atoms with Crippen LogP contribution in [0.1, 0.15) is 31.9 Å². The Morgan fingerprint density at radius 1 is 1.04 bits per heavy atom. The normalized spacial score (nSPS) is 11.3. The molecule has 2 aromatic rings. The van der Waals surface area contributed by atoms with E-state index in [4.69, 9.17) is 14.2 Å². The lowest BCUT2D eigenvalue weighted by atomic mass is 9.87. The number of hydrazone groups is 1. The van der Waals surface area contributed by atoms with Gasteiger partial charge in [0, 0.05) is 11.6 Å². The molecule has 0 saturated carbocycles. The highest BCUT2D eigenvalue weighted by molar-refractivity contribution is 5.85. The third-order valence-corrected chi connectivity index (χ3v) is 3.92. The van der Waals surface area contributed by atoms with E-state index in [2.05, 4.69) is 31.3 Å². The van der Waals surface area contributed by atoms with Crippen molar-refractivity contribution in [3.8, 4) is 17.2 Å². The average Bonchev–Trinajstić information content (AvgIpc) is 2.66. The van der Waals surface area contributed by atoms with Crippen LogP contribution in [0.4, 0.5) is 0 Å². The summed E-state index contributed by atoms with van der Waals surface area (Å²) in [6.45, 7) is 6.32. The molecule has 0 bridgehead atoms. The van der Waals surface area contributed by atoms with Crippen LogP contribution in [-0.4, -0.2) is 32.9 Å². The molecule has 0 heterocycles. The minimum Gasteiger partial charge on any atom is -0.497 e. The first kappa shape index (κ1) is 20.3. The topological polar surface area (TPSA) is 69.2 Å². The molecule has 2 aromatic carbocycles. The fourth-order valence-electron chi connectivity index (χ4n) is 2.33. The molecule has 27 heavy (non-hydrogen) atoms. The number of nitrogens with one attached hydrogen (secondary N) is 1. The van der Waals surface area contributed by atoms with Gasteiger partial charge in [-0.1, -0.05) is 32.9 Å². The molecule has 2 rings (SSSR count). The predicted molar refractivity (Wildman–Crippen MR) is 106 cm³/mol. The lowest BCUT2D eigenvalue weighted by Crippen LogP contribution is -2.24. The summed E-state index contributed by atoms with van der Waals surface area (Å²) in [5.74, 6) is 1.57. The number of hydrogen-bond acceptors (Lipinski definition) is 5. The van der Waals surface area contributed by atoms with Crippen molar-refractivity contribution in [2.75, 3.05) is 20.8 Å². The van der Waals surface area contributed by atoms with Crippen molar-refractivity contribution in [1.29, 1.82) is 0 Å². The van der Waals surface area contributed by atoms with Crippen LogP contribution in [0, 0.1) is 0 Å². The third kappa shape index (κ3) is 6.02. The Bertz CT molecular complexity index is 793. The summed E-state index contributed by atoms with van der Waals surface area (Å²) < 4.78 is 15.9. The van der Waals surface area contributed by atoms with Crippen molar-refractivity contribution < 1.29 is 19.0 Å². The fourth-order valence-corrected chi connectivity index (χ4v) is 2.33. The van der Waals surface area contributed by atoms with Crippen LogP contribution in [0.3, 0.4) is 0 Å². The maximum Gasteiger partial charge on any atom is 0.277 e. The van der Waals surface area contributed by atoms with E-state index in [1.807, 2.05) is 24.3 Å². The highest BCUT2D eigenvalue weighted by atomic mass is 16.5. The average molecular weight is 370 g/mol. The van der Waals surface area contributed by atoms with Crippen LogP contribution in [-0.2, 0) is 10.2 Å². The number of ether oxygens (including phenoxy) is 3. The van der Waals surface area contributed by atoms with Crippen molar-refractivity contribution in [3.63, 3.8) is 0 Å². The molecular weight excluding hydrogens is 344 g/mol. The van der Waals surface area contributed by atoms with Gasteiger partial charge in [-0.3, -0.25) is 4.79 Å². The van der Waals surface area contributed by atoms with E-state index in [0.29, 0.717) is 17.2 Å². The molecule has 144 valence electrons. The second kappa shape index (κ2) is 9.07. The first-order chi connectivity index (χ1) is 12.8. The zero-order chi connectivity index (χ0) is 19.9. The number of carbonyl (C=O) groups excluding carboxylic acids is 1. The van der Waals surface area contributed by atoms with Gasteiger partial charge in [0.1, 0.15) is 17.2 Å². The molecule has 0 radical (unpaired) electrons. The second-order valence-electron chi connectivity index (χ2n) is 6.96. The maximum atomic E-state index is 11.9. The zero-order valence-corrected chi connectivity index (χ0v) is 16.4. The molecule has 1 amide bonds. The first-order valence-electron chi connectivity index (χ1n) is 8.61. The maximum absolute atomic E-state index is 11.9. The van der Waals surface area contributed by atoms with Crippen LogP contribution < -0.4 is 19.6 Å². The Balaban J connectivity index is 1.87. The smallest absolute Gasteiger partial charge is 0.277 e. The van der Waals surface area contributed by atoms with Crippen molar-refractivity contribution >= 4 is 12.1 Å². The summed E-state index contributed by atoms with van der Waals surface area (Å²) in [4.78, 5) is 11.9. The summed E-state index contributed by atoms with van der Waals surface area (Å²) in [5.41, 5.74) is 4.44. The van der Waals surface area contributed by atoms with E-state index < -0.39 is 0 Å². The molecule has 0 aliphatic rings. The Morgan fingerprint density at radius 2 is 1.70 bits per heavy atom. The summed E-state index contributed by atoms with van der Waals surface area (Å²) in [6.07, 6.45) is 1.51. The molecule has 0 fully saturated rings. The number of nitrogens with zero attached hydrogens (tertiary/aromatic N) is 1. The lowest BCUT2D eigenvalue weighted by Gasteiger charge is -2.19. The quantitative estimate of drug-likeness (QED) is 0.598. The van der Waals surface area contributed by atoms with Gasteiger partial charge in [-0.15, -0.1) is 0 Å².